The molecule has 2 aliphatic carbocycles. The minimum atomic E-state index is -3.66. The number of anilines is 2. The Hall–Kier alpha value is -3.45. The molecule has 2 fully saturated rings. The molecule has 0 unspecified atom stereocenters. The molecule has 3 aromatic rings. The van der Waals surface area contributed by atoms with E-state index in [0.29, 0.717) is 42.4 Å². The number of aromatic amines is 1. The first-order valence-electron chi connectivity index (χ1n) is 12.2. The molecule has 4 N–H and O–H groups in total. The van der Waals surface area contributed by atoms with Gasteiger partial charge in [0.1, 0.15) is 11.6 Å². The van der Waals surface area contributed by atoms with E-state index in [4.69, 9.17) is 16.6 Å². The number of ether oxygens (including phenoxy) is 1. The Morgan fingerprint density at radius 2 is 2.03 bits per heavy atom. The van der Waals surface area contributed by atoms with Gasteiger partial charge in [-0.3, -0.25) is 4.72 Å². The average molecular weight is 564 g/mol. The molecule has 0 aliphatic heterocycles. The summed E-state index contributed by atoms with van der Waals surface area (Å²) >= 11 is 6.64. The van der Waals surface area contributed by atoms with Crippen molar-refractivity contribution in [3.8, 4) is 22.6 Å². The maximum absolute atomic E-state index is 14.7. The molecule has 202 valence electrons. The molecule has 38 heavy (non-hydrogen) atoms. The number of sulfonamides is 1. The molecule has 1 amide bonds. The molecule has 0 spiro atoms. The number of carbonyl (C=O) groups is 1. The van der Waals surface area contributed by atoms with Gasteiger partial charge in [-0.1, -0.05) is 11.6 Å². The second-order valence-electron chi connectivity index (χ2n) is 9.46. The Balaban J connectivity index is 1.48. The van der Waals surface area contributed by atoms with Crippen LogP contribution in [-0.2, 0) is 14.8 Å². The molecule has 0 saturated heterocycles. The lowest BCUT2D eigenvalue weighted by Crippen LogP contribution is -2.37. The first-order valence-corrected chi connectivity index (χ1v) is 14.1. The molecule has 11 nitrogen and oxygen atoms in total. The van der Waals surface area contributed by atoms with E-state index < -0.39 is 27.2 Å². The molecular formula is C24H27ClFN7O4S. The second kappa shape index (κ2) is 10.4. The number of hydrogen-bond donors (Lipinski definition) is 4. The zero-order valence-corrected chi connectivity index (χ0v) is 22.3. The summed E-state index contributed by atoms with van der Waals surface area (Å²) in [7, 11) is -2.37. The van der Waals surface area contributed by atoms with Gasteiger partial charge in [-0.2, -0.15) is 0 Å². The van der Waals surface area contributed by atoms with Gasteiger partial charge in [-0.25, -0.2) is 32.6 Å². The number of rotatable bonds is 10. The van der Waals surface area contributed by atoms with E-state index in [0.717, 1.165) is 24.7 Å². The van der Waals surface area contributed by atoms with Gasteiger partial charge in [0, 0.05) is 30.3 Å². The highest BCUT2D eigenvalue weighted by Crippen LogP contribution is 2.44. The Morgan fingerprint density at radius 3 is 2.71 bits per heavy atom. The molecule has 5 rings (SSSR count). The summed E-state index contributed by atoms with van der Waals surface area (Å²) in [6.07, 6.45) is 4.08. The fourth-order valence-corrected chi connectivity index (χ4v) is 5.60. The molecular weight excluding hydrogens is 537 g/mol. The number of benzene rings is 1. The highest BCUT2D eigenvalue weighted by molar-refractivity contribution is 7.93. The van der Waals surface area contributed by atoms with Gasteiger partial charge in [0.05, 0.1) is 40.2 Å². The van der Waals surface area contributed by atoms with E-state index in [-0.39, 0.29) is 28.2 Å². The summed E-state index contributed by atoms with van der Waals surface area (Å²) < 4.78 is 46.8. The van der Waals surface area contributed by atoms with Gasteiger partial charge in [0.15, 0.2) is 0 Å². The molecule has 1 aromatic carbocycles. The standard InChI is InChI=1S/C24H27ClFN7O4S/c1-12(29-24(34)37-2)11-28-23-27-8-7-17(30-23)21-20(31-22(32-21)13-3-4-13)16-9-14(26)10-18(19(16)25)33-38(35,36)15-5-6-15/h7-10,12-13,15,33H,3-6,11H2,1-2H3,(H,29,34)(H,31,32)(H,27,28,30)/t12-/m0/s1. The summed E-state index contributed by atoms with van der Waals surface area (Å²) in [5.41, 5.74) is 1.54. The minimum Gasteiger partial charge on any atom is -0.453 e. The third-order valence-corrected chi connectivity index (χ3v) is 8.48. The largest absolute Gasteiger partial charge is 0.453 e. The van der Waals surface area contributed by atoms with Crippen molar-refractivity contribution >= 4 is 39.4 Å². The fourth-order valence-electron chi connectivity index (χ4n) is 3.91. The van der Waals surface area contributed by atoms with Crippen molar-refractivity contribution in [3.05, 3.63) is 41.1 Å². The number of carbonyl (C=O) groups excluding carboxylic acids is 1. The predicted molar refractivity (Wildman–Crippen MR) is 141 cm³/mol. The van der Waals surface area contributed by atoms with Crippen LogP contribution in [0.5, 0.6) is 0 Å². The molecule has 2 aromatic heterocycles. The van der Waals surface area contributed by atoms with E-state index in [1.165, 1.54) is 13.2 Å². The number of nitrogens with one attached hydrogen (secondary N) is 4. The van der Waals surface area contributed by atoms with Gasteiger partial charge in [0.25, 0.3) is 0 Å². The van der Waals surface area contributed by atoms with Crippen LogP contribution in [0, 0.1) is 5.82 Å². The van der Waals surface area contributed by atoms with E-state index >= 15 is 0 Å². The van der Waals surface area contributed by atoms with Crippen molar-refractivity contribution < 1.29 is 22.3 Å². The molecule has 0 bridgehead atoms. The number of amides is 1. The molecule has 14 heteroatoms. The van der Waals surface area contributed by atoms with E-state index in [2.05, 4.69) is 35.0 Å². The van der Waals surface area contributed by atoms with Crippen LogP contribution in [0.1, 0.15) is 44.3 Å². The zero-order chi connectivity index (χ0) is 27.0. The van der Waals surface area contributed by atoms with Crippen LogP contribution in [0.25, 0.3) is 22.6 Å². The smallest absolute Gasteiger partial charge is 0.407 e. The lowest BCUT2D eigenvalue weighted by Gasteiger charge is -2.14. The van der Waals surface area contributed by atoms with Crippen molar-refractivity contribution in [2.24, 2.45) is 0 Å². The molecule has 2 saturated carbocycles. The molecule has 2 heterocycles. The highest BCUT2D eigenvalue weighted by Gasteiger charge is 2.36. The maximum atomic E-state index is 14.7. The Morgan fingerprint density at radius 1 is 1.26 bits per heavy atom. The Kier molecular flexibility index (Phi) is 7.14. The van der Waals surface area contributed by atoms with Crippen LogP contribution >= 0.6 is 11.6 Å². The van der Waals surface area contributed by atoms with Crippen LogP contribution in [0.15, 0.2) is 24.4 Å². The minimum absolute atomic E-state index is 0.0346. The van der Waals surface area contributed by atoms with Gasteiger partial charge in [0.2, 0.25) is 16.0 Å². The third-order valence-electron chi connectivity index (χ3n) is 6.22. The summed E-state index contributed by atoms with van der Waals surface area (Å²) in [6.45, 7) is 2.13. The first kappa shape index (κ1) is 26.2. The summed E-state index contributed by atoms with van der Waals surface area (Å²) in [6, 6.07) is 3.71. The van der Waals surface area contributed by atoms with Gasteiger partial charge in [-0.15, -0.1) is 0 Å². The van der Waals surface area contributed by atoms with Crippen molar-refractivity contribution in [3.63, 3.8) is 0 Å². The van der Waals surface area contributed by atoms with Gasteiger partial charge >= 0.3 is 6.09 Å². The van der Waals surface area contributed by atoms with E-state index in [1.807, 2.05) is 0 Å². The van der Waals surface area contributed by atoms with Crippen molar-refractivity contribution in [1.82, 2.24) is 25.3 Å². The Bertz CT molecular complexity index is 1470. The Labute approximate surface area is 224 Å². The van der Waals surface area contributed by atoms with Crippen LogP contribution in [0.2, 0.25) is 5.02 Å². The van der Waals surface area contributed by atoms with Crippen LogP contribution in [0.3, 0.4) is 0 Å². The molecule has 1 atom stereocenters. The van der Waals surface area contributed by atoms with Crippen LogP contribution < -0.4 is 15.4 Å². The number of H-pyrrole nitrogens is 1. The second-order valence-corrected chi connectivity index (χ2v) is 11.8. The van der Waals surface area contributed by atoms with Crippen molar-refractivity contribution in [2.45, 2.75) is 49.8 Å². The predicted octanol–water partition coefficient (Wildman–Crippen LogP) is 4.26. The highest BCUT2D eigenvalue weighted by atomic mass is 35.5. The van der Waals surface area contributed by atoms with Crippen LogP contribution in [0.4, 0.5) is 20.8 Å². The summed E-state index contributed by atoms with van der Waals surface area (Å²) in [5.74, 6) is 0.613. The number of hydrogen-bond acceptors (Lipinski definition) is 8. The SMILES string of the molecule is COC(=O)N[C@@H](C)CNc1nccc(-c2[nH]c(C3CC3)nc2-c2cc(F)cc(NS(=O)(=O)C3CC3)c2Cl)n1. The van der Waals surface area contributed by atoms with Gasteiger partial charge < -0.3 is 20.4 Å². The van der Waals surface area contributed by atoms with Gasteiger partial charge in [-0.05, 0) is 50.8 Å². The van der Waals surface area contributed by atoms with E-state index in [1.54, 1.807) is 19.2 Å². The maximum Gasteiger partial charge on any atom is 0.407 e. The van der Waals surface area contributed by atoms with E-state index in [9.17, 15) is 17.6 Å². The quantitative estimate of drug-likeness (QED) is 0.285. The third kappa shape index (κ3) is 5.83. The average Bonchev–Trinajstić information content (AvgIpc) is 3.82. The zero-order valence-electron chi connectivity index (χ0n) is 20.7. The number of alkyl carbamates (subject to hydrolysis) is 1. The van der Waals surface area contributed by atoms with Crippen molar-refractivity contribution in [1.29, 1.82) is 0 Å². The molecule has 2 aliphatic rings. The van der Waals surface area contributed by atoms with Crippen LogP contribution in [-0.4, -0.2) is 59.4 Å². The lowest BCUT2D eigenvalue weighted by atomic mass is 10.1. The first-order chi connectivity index (χ1) is 18.1. The van der Waals surface area contributed by atoms with Crippen molar-refractivity contribution in [2.75, 3.05) is 23.7 Å². The number of halogens is 2. The summed E-state index contributed by atoms with van der Waals surface area (Å²) in [5, 5.41) is 5.26. The topological polar surface area (TPSA) is 151 Å². The molecule has 0 radical (unpaired) electrons. The number of aromatic nitrogens is 4. The monoisotopic (exact) mass is 563 g/mol. The number of nitrogens with zero attached hydrogens (tertiary/aromatic N) is 3. The normalized spacial score (nSPS) is 16.1. The lowest BCUT2D eigenvalue weighted by molar-refractivity contribution is 0.168. The number of methoxy groups -OCH3 is 1. The fraction of sp³-hybridized carbons (Fsp3) is 0.417. The number of imidazole rings is 1. The summed E-state index contributed by atoms with van der Waals surface area (Å²) in [4.78, 5) is 28.3.